The van der Waals surface area contributed by atoms with E-state index in [1.807, 2.05) is 0 Å². The molecule has 14 heavy (non-hydrogen) atoms. The summed E-state index contributed by atoms with van der Waals surface area (Å²) in [5.41, 5.74) is 0. The first-order valence-corrected chi connectivity index (χ1v) is 5.02. The summed E-state index contributed by atoms with van der Waals surface area (Å²) < 4.78 is 4.99. The summed E-state index contributed by atoms with van der Waals surface area (Å²) in [5, 5.41) is 8.98. The molecule has 1 fully saturated rings. The second-order valence-electron chi connectivity index (χ2n) is 3.88. The van der Waals surface area contributed by atoms with Gasteiger partial charge in [0.05, 0.1) is 24.5 Å². The fraction of sp³-hybridized carbons (Fsp3) is 0.636. The van der Waals surface area contributed by atoms with Crippen LogP contribution in [-0.4, -0.2) is 12.6 Å². The second-order valence-corrected chi connectivity index (χ2v) is 3.88. The first-order valence-electron chi connectivity index (χ1n) is 5.02. The summed E-state index contributed by atoms with van der Waals surface area (Å²) in [4.78, 5) is 11.6. The van der Waals surface area contributed by atoms with Crippen molar-refractivity contribution in [3.8, 4) is 6.07 Å². The molecule has 0 aliphatic heterocycles. The van der Waals surface area contributed by atoms with Crippen molar-refractivity contribution in [2.45, 2.75) is 13.3 Å². The predicted octanol–water partition coefficient (Wildman–Crippen LogP) is 1.51. The molecule has 2 aliphatic carbocycles. The van der Waals surface area contributed by atoms with Crippen LogP contribution in [0.25, 0.3) is 0 Å². The minimum Gasteiger partial charge on any atom is -0.466 e. The number of nitrogens with zero attached hydrogens (tertiary/aromatic N) is 1. The smallest absolute Gasteiger partial charge is 0.310 e. The van der Waals surface area contributed by atoms with E-state index < -0.39 is 0 Å². The molecule has 0 amide bonds. The van der Waals surface area contributed by atoms with Gasteiger partial charge in [0.25, 0.3) is 0 Å². The Morgan fingerprint density at radius 1 is 1.57 bits per heavy atom. The number of ether oxygens (including phenoxy) is 1. The zero-order valence-electron chi connectivity index (χ0n) is 8.14. The van der Waals surface area contributed by atoms with Crippen LogP contribution in [0.1, 0.15) is 13.3 Å². The Bertz CT molecular complexity index is 316. The van der Waals surface area contributed by atoms with Gasteiger partial charge in [-0.15, -0.1) is 0 Å². The van der Waals surface area contributed by atoms with Gasteiger partial charge >= 0.3 is 5.97 Å². The van der Waals surface area contributed by atoms with Gasteiger partial charge in [-0.2, -0.15) is 5.26 Å². The molecule has 2 unspecified atom stereocenters. The third-order valence-corrected chi connectivity index (χ3v) is 3.17. The third-order valence-electron chi connectivity index (χ3n) is 3.17. The topological polar surface area (TPSA) is 50.1 Å². The highest BCUT2D eigenvalue weighted by Crippen LogP contribution is 2.48. The Labute approximate surface area is 83.4 Å². The molecule has 2 aliphatic rings. The molecule has 0 spiro atoms. The highest BCUT2D eigenvalue weighted by molar-refractivity contribution is 5.75. The predicted molar refractivity (Wildman–Crippen MR) is 50.0 cm³/mol. The molecule has 0 heterocycles. The van der Waals surface area contributed by atoms with E-state index >= 15 is 0 Å². The molecule has 3 nitrogen and oxygen atoms in total. The van der Waals surface area contributed by atoms with E-state index in [1.165, 1.54) is 0 Å². The van der Waals surface area contributed by atoms with Crippen molar-refractivity contribution in [3.05, 3.63) is 12.2 Å². The summed E-state index contributed by atoms with van der Waals surface area (Å²) in [6, 6.07) is 2.23. The van der Waals surface area contributed by atoms with Crippen molar-refractivity contribution in [2.24, 2.45) is 23.7 Å². The van der Waals surface area contributed by atoms with Gasteiger partial charge in [-0.3, -0.25) is 4.79 Å². The lowest BCUT2D eigenvalue weighted by molar-refractivity contribution is -0.149. The molecular formula is C11H13NO2. The molecule has 0 aromatic carbocycles. The number of nitriles is 1. The van der Waals surface area contributed by atoms with Crippen LogP contribution in [0.3, 0.4) is 0 Å². The fourth-order valence-electron chi connectivity index (χ4n) is 2.56. The van der Waals surface area contributed by atoms with Crippen molar-refractivity contribution in [1.82, 2.24) is 0 Å². The number of rotatable bonds is 2. The SMILES string of the molecule is CCOC(=O)[C@H]1C2C=CC(C2)[C@H]1C#N. The number of carbonyl (C=O) groups excluding carboxylic acids is 1. The van der Waals surface area contributed by atoms with Crippen molar-refractivity contribution in [1.29, 1.82) is 5.26 Å². The fourth-order valence-corrected chi connectivity index (χ4v) is 2.56. The molecular weight excluding hydrogens is 178 g/mol. The standard InChI is InChI=1S/C11H13NO2/c1-2-14-11(13)10-8-4-3-7(5-8)9(10)6-12/h3-4,7-10H,2,5H2,1H3/t7?,8?,9-,10+/m1/s1. The molecule has 0 N–H and O–H groups in total. The lowest BCUT2D eigenvalue weighted by Crippen LogP contribution is -2.28. The van der Waals surface area contributed by atoms with Crippen LogP contribution >= 0.6 is 0 Å². The van der Waals surface area contributed by atoms with E-state index in [2.05, 4.69) is 18.2 Å². The Kier molecular flexibility index (Phi) is 2.28. The summed E-state index contributed by atoms with van der Waals surface area (Å²) in [6.45, 7) is 2.19. The second kappa shape index (κ2) is 3.45. The number of hydrogen-bond acceptors (Lipinski definition) is 3. The van der Waals surface area contributed by atoms with Gasteiger partial charge in [-0.25, -0.2) is 0 Å². The van der Waals surface area contributed by atoms with Gasteiger partial charge in [0.1, 0.15) is 0 Å². The minimum absolute atomic E-state index is 0.163. The number of esters is 1. The lowest BCUT2D eigenvalue weighted by atomic mass is 9.84. The van der Waals surface area contributed by atoms with Gasteiger partial charge < -0.3 is 4.74 Å². The number of allylic oxidation sites excluding steroid dienone is 2. The monoisotopic (exact) mass is 191 g/mol. The zero-order valence-corrected chi connectivity index (χ0v) is 8.14. The highest BCUT2D eigenvalue weighted by atomic mass is 16.5. The van der Waals surface area contributed by atoms with Crippen LogP contribution in [0.15, 0.2) is 12.2 Å². The van der Waals surface area contributed by atoms with Gasteiger partial charge in [0.2, 0.25) is 0 Å². The molecule has 0 aromatic heterocycles. The number of fused-ring (bicyclic) bond motifs is 2. The molecule has 0 saturated heterocycles. The maximum absolute atomic E-state index is 11.6. The first kappa shape index (κ1) is 9.26. The molecule has 2 bridgehead atoms. The molecule has 1 saturated carbocycles. The zero-order chi connectivity index (χ0) is 10.1. The van der Waals surface area contributed by atoms with Crippen LogP contribution in [-0.2, 0) is 9.53 Å². The summed E-state index contributed by atoms with van der Waals surface area (Å²) in [5.74, 6) is -0.0574. The largest absolute Gasteiger partial charge is 0.466 e. The van der Waals surface area contributed by atoms with Crippen molar-refractivity contribution in [3.63, 3.8) is 0 Å². The molecule has 74 valence electrons. The van der Waals surface area contributed by atoms with Crippen LogP contribution in [0, 0.1) is 35.0 Å². The van der Waals surface area contributed by atoms with Crippen molar-refractivity contribution in [2.75, 3.05) is 6.61 Å². The van der Waals surface area contributed by atoms with Crippen molar-refractivity contribution >= 4 is 5.97 Å². The van der Waals surface area contributed by atoms with E-state index in [0.29, 0.717) is 6.61 Å². The Morgan fingerprint density at radius 2 is 2.29 bits per heavy atom. The Balaban J connectivity index is 2.15. The third kappa shape index (κ3) is 1.22. The van der Waals surface area contributed by atoms with Gasteiger partial charge in [-0.1, -0.05) is 12.2 Å². The van der Waals surface area contributed by atoms with Crippen molar-refractivity contribution < 1.29 is 9.53 Å². The van der Waals surface area contributed by atoms with E-state index in [9.17, 15) is 4.79 Å². The number of carbonyl (C=O) groups is 1. The highest BCUT2D eigenvalue weighted by Gasteiger charge is 2.49. The maximum Gasteiger partial charge on any atom is 0.310 e. The minimum atomic E-state index is -0.213. The quantitative estimate of drug-likeness (QED) is 0.491. The summed E-state index contributed by atoms with van der Waals surface area (Å²) >= 11 is 0. The molecule has 0 aromatic rings. The van der Waals surface area contributed by atoms with E-state index in [4.69, 9.17) is 10.00 Å². The van der Waals surface area contributed by atoms with Gasteiger partial charge in [-0.05, 0) is 25.2 Å². The Hall–Kier alpha value is -1.30. The van der Waals surface area contributed by atoms with Crippen LogP contribution in [0.2, 0.25) is 0 Å². The summed E-state index contributed by atoms with van der Waals surface area (Å²) in [7, 11) is 0. The van der Waals surface area contributed by atoms with Crippen LogP contribution < -0.4 is 0 Å². The first-order chi connectivity index (χ1) is 6.77. The summed E-state index contributed by atoms with van der Waals surface area (Å²) in [6.07, 6.45) is 5.07. The Morgan fingerprint density at radius 3 is 2.93 bits per heavy atom. The molecule has 4 atom stereocenters. The van der Waals surface area contributed by atoms with Gasteiger partial charge in [0.15, 0.2) is 0 Å². The molecule has 0 radical (unpaired) electrons. The van der Waals surface area contributed by atoms with E-state index in [1.54, 1.807) is 6.92 Å². The molecule has 3 heteroatoms. The maximum atomic E-state index is 11.6. The van der Waals surface area contributed by atoms with Crippen LogP contribution in [0.4, 0.5) is 0 Å². The average Bonchev–Trinajstić information content (AvgIpc) is 2.76. The molecule has 2 rings (SSSR count). The van der Waals surface area contributed by atoms with E-state index in [0.717, 1.165) is 6.42 Å². The van der Waals surface area contributed by atoms with Gasteiger partial charge in [0, 0.05) is 0 Å². The van der Waals surface area contributed by atoms with Crippen LogP contribution in [0.5, 0.6) is 0 Å². The van der Waals surface area contributed by atoms with E-state index in [-0.39, 0.29) is 29.6 Å². The normalized spacial score (nSPS) is 38.3. The average molecular weight is 191 g/mol. The number of hydrogen-bond donors (Lipinski definition) is 0. The lowest BCUT2D eigenvalue weighted by Gasteiger charge is -2.20.